The van der Waals surface area contributed by atoms with Gasteiger partial charge in [-0.2, -0.15) is 0 Å². The summed E-state index contributed by atoms with van der Waals surface area (Å²) in [6.45, 7) is 4.98. The molecule has 0 aliphatic rings. The molecule has 0 aliphatic carbocycles. The third-order valence-electron chi connectivity index (χ3n) is 1.76. The highest BCUT2D eigenvalue weighted by Gasteiger charge is 2.28. The van der Waals surface area contributed by atoms with Crippen LogP contribution in [-0.4, -0.2) is 38.2 Å². The molecule has 3 unspecified atom stereocenters. The molecule has 5 nitrogen and oxygen atoms in total. The van der Waals surface area contributed by atoms with E-state index in [-0.39, 0.29) is 5.91 Å². The van der Waals surface area contributed by atoms with E-state index in [4.69, 9.17) is 5.11 Å². The molecular weight excluding hydrogens is 206 g/mol. The van der Waals surface area contributed by atoms with Crippen molar-refractivity contribution in [2.75, 3.05) is 6.54 Å². The van der Waals surface area contributed by atoms with Gasteiger partial charge in [0.1, 0.15) is 10.5 Å². The summed E-state index contributed by atoms with van der Waals surface area (Å²) in [6.07, 6.45) is 0. The maximum atomic E-state index is 11.5. The number of hydrogen-bond donors (Lipinski definition) is 2. The SMILES string of the molecule is CCNC(=O)C(C)S(=O)C(C)C(=O)O. The standard InChI is InChI=1S/C8H15NO4S/c1-4-9-7(10)5(2)14(13)6(3)8(11)12/h5-6H,4H2,1-3H3,(H,9,10)(H,11,12). The van der Waals surface area contributed by atoms with Crippen molar-refractivity contribution < 1.29 is 18.9 Å². The Morgan fingerprint density at radius 3 is 2.21 bits per heavy atom. The van der Waals surface area contributed by atoms with Crippen molar-refractivity contribution >= 4 is 22.7 Å². The number of carboxylic acid groups (broad SMARTS) is 1. The minimum atomic E-state index is -1.68. The van der Waals surface area contributed by atoms with Crippen molar-refractivity contribution in [2.24, 2.45) is 0 Å². The normalized spacial score (nSPS) is 16.8. The summed E-state index contributed by atoms with van der Waals surface area (Å²) in [6, 6.07) is 0. The van der Waals surface area contributed by atoms with Gasteiger partial charge in [0.25, 0.3) is 0 Å². The van der Waals surface area contributed by atoms with Gasteiger partial charge < -0.3 is 10.4 Å². The number of carbonyl (C=O) groups excluding carboxylic acids is 1. The Morgan fingerprint density at radius 1 is 1.36 bits per heavy atom. The van der Waals surface area contributed by atoms with E-state index in [9.17, 15) is 13.8 Å². The van der Waals surface area contributed by atoms with E-state index in [0.717, 1.165) is 0 Å². The smallest absolute Gasteiger partial charge is 0.319 e. The summed E-state index contributed by atoms with van der Waals surface area (Å²) < 4.78 is 11.5. The summed E-state index contributed by atoms with van der Waals surface area (Å²) in [7, 11) is -1.68. The van der Waals surface area contributed by atoms with Gasteiger partial charge in [-0.15, -0.1) is 0 Å². The summed E-state index contributed by atoms with van der Waals surface area (Å²) >= 11 is 0. The van der Waals surface area contributed by atoms with Gasteiger partial charge in [0.05, 0.1) is 0 Å². The summed E-state index contributed by atoms with van der Waals surface area (Å²) in [5.74, 6) is -1.53. The molecule has 3 atom stereocenters. The number of rotatable bonds is 5. The molecule has 0 radical (unpaired) electrons. The Labute approximate surface area is 85.3 Å². The van der Waals surface area contributed by atoms with Crippen molar-refractivity contribution in [3.05, 3.63) is 0 Å². The van der Waals surface area contributed by atoms with Crippen LogP contribution in [0.25, 0.3) is 0 Å². The van der Waals surface area contributed by atoms with Gasteiger partial charge in [-0.25, -0.2) is 0 Å². The van der Waals surface area contributed by atoms with E-state index in [1.165, 1.54) is 13.8 Å². The van der Waals surface area contributed by atoms with Crippen LogP contribution >= 0.6 is 0 Å². The van der Waals surface area contributed by atoms with Gasteiger partial charge in [0.15, 0.2) is 0 Å². The zero-order valence-electron chi connectivity index (χ0n) is 8.44. The fourth-order valence-electron chi connectivity index (χ4n) is 0.829. The minimum absolute atomic E-state index is 0.376. The van der Waals surface area contributed by atoms with Gasteiger partial charge in [-0.1, -0.05) is 0 Å². The molecule has 1 amide bonds. The number of aliphatic carboxylic acids is 1. The minimum Gasteiger partial charge on any atom is -0.480 e. The van der Waals surface area contributed by atoms with E-state index in [1.807, 2.05) is 0 Å². The maximum absolute atomic E-state index is 11.5. The molecule has 0 heterocycles. The van der Waals surface area contributed by atoms with Crippen molar-refractivity contribution in [3.63, 3.8) is 0 Å². The Morgan fingerprint density at radius 2 is 1.86 bits per heavy atom. The van der Waals surface area contributed by atoms with E-state index in [2.05, 4.69) is 5.32 Å². The highest BCUT2D eigenvalue weighted by Crippen LogP contribution is 2.04. The first-order chi connectivity index (χ1) is 6.41. The topological polar surface area (TPSA) is 83.5 Å². The third kappa shape index (κ3) is 3.45. The van der Waals surface area contributed by atoms with E-state index < -0.39 is 27.3 Å². The first kappa shape index (κ1) is 13.1. The highest BCUT2D eigenvalue weighted by molar-refractivity contribution is 7.87. The molecule has 0 aliphatic heterocycles. The predicted molar refractivity (Wildman–Crippen MR) is 53.4 cm³/mol. The van der Waals surface area contributed by atoms with Crippen molar-refractivity contribution in [1.29, 1.82) is 0 Å². The zero-order chi connectivity index (χ0) is 11.3. The number of hydrogen-bond acceptors (Lipinski definition) is 3. The largest absolute Gasteiger partial charge is 0.480 e. The summed E-state index contributed by atoms with van der Waals surface area (Å²) in [4.78, 5) is 21.7. The van der Waals surface area contributed by atoms with Gasteiger partial charge >= 0.3 is 5.97 Å². The molecule has 0 bridgehead atoms. The average Bonchev–Trinajstić information content (AvgIpc) is 2.14. The van der Waals surface area contributed by atoms with E-state index >= 15 is 0 Å². The van der Waals surface area contributed by atoms with Crippen molar-refractivity contribution in [2.45, 2.75) is 31.3 Å². The van der Waals surface area contributed by atoms with Crippen LogP contribution in [-0.2, 0) is 20.4 Å². The van der Waals surface area contributed by atoms with Gasteiger partial charge in [0, 0.05) is 17.3 Å². The van der Waals surface area contributed by atoms with Gasteiger partial charge in [0.2, 0.25) is 5.91 Å². The first-order valence-electron chi connectivity index (χ1n) is 4.31. The molecule has 14 heavy (non-hydrogen) atoms. The third-order valence-corrected chi connectivity index (χ3v) is 3.57. The lowest BCUT2D eigenvalue weighted by Crippen LogP contribution is -2.40. The molecule has 0 aromatic carbocycles. The van der Waals surface area contributed by atoms with Crippen LogP contribution < -0.4 is 5.32 Å². The average molecular weight is 221 g/mol. The summed E-state index contributed by atoms with van der Waals surface area (Å²) in [5.41, 5.74) is 0. The quantitative estimate of drug-likeness (QED) is 0.669. The summed E-state index contributed by atoms with van der Waals surface area (Å²) in [5, 5.41) is 9.27. The molecular formula is C8H15NO4S. The predicted octanol–water partition coefficient (Wildman–Crippen LogP) is -0.267. The molecule has 0 rings (SSSR count). The lowest BCUT2D eigenvalue weighted by Gasteiger charge is -2.13. The molecule has 6 heteroatoms. The lowest BCUT2D eigenvalue weighted by molar-refractivity contribution is -0.136. The van der Waals surface area contributed by atoms with Crippen LogP contribution in [0.2, 0.25) is 0 Å². The highest BCUT2D eigenvalue weighted by atomic mass is 32.2. The Hall–Kier alpha value is -0.910. The maximum Gasteiger partial charge on any atom is 0.319 e. The second-order valence-electron chi connectivity index (χ2n) is 2.85. The van der Waals surface area contributed by atoms with Crippen LogP contribution in [0.15, 0.2) is 0 Å². The second kappa shape index (κ2) is 5.74. The molecule has 0 saturated carbocycles. The fraction of sp³-hybridized carbons (Fsp3) is 0.750. The first-order valence-corrected chi connectivity index (χ1v) is 5.59. The number of carbonyl (C=O) groups is 2. The van der Waals surface area contributed by atoms with E-state index in [0.29, 0.717) is 6.54 Å². The number of amides is 1. The van der Waals surface area contributed by atoms with Gasteiger partial charge in [-0.05, 0) is 20.8 Å². The monoisotopic (exact) mass is 221 g/mol. The molecule has 0 aromatic heterocycles. The molecule has 0 spiro atoms. The van der Waals surface area contributed by atoms with E-state index in [1.54, 1.807) is 6.92 Å². The molecule has 0 fully saturated rings. The molecule has 2 N–H and O–H groups in total. The lowest BCUT2D eigenvalue weighted by atomic mass is 10.4. The molecule has 82 valence electrons. The molecule has 0 aromatic rings. The Bertz CT molecular complexity index is 254. The second-order valence-corrected chi connectivity index (χ2v) is 4.92. The van der Waals surface area contributed by atoms with Crippen LogP contribution in [0, 0.1) is 0 Å². The van der Waals surface area contributed by atoms with Crippen LogP contribution in [0.4, 0.5) is 0 Å². The Kier molecular flexibility index (Phi) is 5.37. The van der Waals surface area contributed by atoms with Crippen molar-refractivity contribution in [1.82, 2.24) is 5.32 Å². The van der Waals surface area contributed by atoms with Gasteiger partial charge in [-0.3, -0.25) is 13.8 Å². The Balaban J connectivity index is 4.38. The molecule has 0 saturated heterocycles. The van der Waals surface area contributed by atoms with Crippen LogP contribution in [0.3, 0.4) is 0 Å². The zero-order valence-corrected chi connectivity index (χ0v) is 9.26. The number of nitrogens with one attached hydrogen (secondary N) is 1. The van der Waals surface area contributed by atoms with Crippen LogP contribution in [0.5, 0.6) is 0 Å². The number of carboxylic acids is 1. The van der Waals surface area contributed by atoms with Crippen molar-refractivity contribution in [3.8, 4) is 0 Å². The fourth-order valence-corrected chi connectivity index (χ4v) is 1.93. The van der Waals surface area contributed by atoms with Crippen LogP contribution in [0.1, 0.15) is 20.8 Å².